The van der Waals surface area contributed by atoms with E-state index < -0.39 is 0 Å². The van der Waals surface area contributed by atoms with Gasteiger partial charge >= 0.3 is 0 Å². The van der Waals surface area contributed by atoms with Crippen molar-refractivity contribution < 1.29 is 9.53 Å². The molecule has 3 heteroatoms. The number of amides is 1. The number of aryl methyl sites for hydroxylation is 1. The Morgan fingerprint density at radius 1 is 1.25 bits per heavy atom. The van der Waals surface area contributed by atoms with Gasteiger partial charge in [-0.15, -0.1) is 0 Å². The number of likely N-dealkylation sites (tertiary alicyclic amines) is 1. The van der Waals surface area contributed by atoms with Crippen LogP contribution in [0.1, 0.15) is 39.2 Å². The number of piperidine rings is 1. The maximum Gasteiger partial charge on any atom is 0.260 e. The first-order chi connectivity index (χ1) is 9.60. The third-order valence-corrected chi connectivity index (χ3v) is 4.13. The SMILES string of the molecule is CCc1ccc(OCC(=O)N2C[C@H](C)CC[C@@H]2C)cc1. The molecule has 1 fully saturated rings. The molecule has 20 heavy (non-hydrogen) atoms. The first-order valence-electron chi connectivity index (χ1n) is 7.61. The van der Waals surface area contributed by atoms with Crippen molar-refractivity contribution in [3.63, 3.8) is 0 Å². The fraction of sp³-hybridized carbons (Fsp3) is 0.588. The maximum absolute atomic E-state index is 12.3. The number of ether oxygens (including phenoxy) is 1. The predicted octanol–water partition coefficient (Wildman–Crippen LogP) is 3.27. The lowest BCUT2D eigenvalue weighted by molar-refractivity contribution is -0.137. The van der Waals surface area contributed by atoms with Gasteiger partial charge in [0.2, 0.25) is 0 Å². The highest BCUT2D eigenvalue weighted by Crippen LogP contribution is 2.21. The molecule has 0 N–H and O–H groups in total. The first-order valence-corrected chi connectivity index (χ1v) is 7.61. The fourth-order valence-corrected chi connectivity index (χ4v) is 2.69. The molecule has 0 radical (unpaired) electrons. The number of hydrogen-bond donors (Lipinski definition) is 0. The van der Waals surface area contributed by atoms with Crippen LogP contribution in [0, 0.1) is 5.92 Å². The molecule has 110 valence electrons. The van der Waals surface area contributed by atoms with Crippen molar-refractivity contribution in [1.29, 1.82) is 0 Å². The molecule has 1 amide bonds. The van der Waals surface area contributed by atoms with Crippen LogP contribution in [0.3, 0.4) is 0 Å². The summed E-state index contributed by atoms with van der Waals surface area (Å²) >= 11 is 0. The van der Waals surface area contributed by atoms with Gasteiger partial charge in [0, 0.05) is 12.6 Å². The molecule has 2 atom stereocenters. The third kappa shape index (κ3) is 3.75. The van der Waals surface area contributed by atoms with Crippen molar-refractivity contribution in [2.24, 2.45) is 5.92 Å². The van der Waals surface area contributed by atoms with Crippen LogP contribution >= 0.6 is 0 Å². The highest BCUT2D eigenvalue weighted by Gasteiger charge is 2.26. The number of carbonyl (C=O) groups is 1. The first kappa shape index (κ1) is 14.9. The number of benzene rings is 1. The summed E-state index contributed by atoms with van der Waals surface area (Å²) < 4.78 is 5.61. The molecule has 0 aromatic heterocycles. The normalized spacial score (nSPS) is 22.6. The molecule has 0 spiro atoms. The van der Waals surface area contributed by atoms with Crippen molar-refractivity contribution in [3.05, 3.63) is 29.8 Å². The zero-order valence-corrected chi connectivity index (χ0v) is 12.8. The zero-order chi connectivity index (χ0) is 14.5. The lowest BCUT2D eigenvalue weighted by Crippen LogP contribution is -2.46. The second kappa shape index (κ2) is 6.78. The summed E-state index contributed by atoms with van der Waals surface area (Å²) in [4.78, 5) is 14.2. The van der Waals surface area contributed by atoms with E-state index in [-0.39, 0.29) is 12.5 Å². The van der Waals surface area contributed by atoms with E-state index in [9.17, 15) is 4.79 Å². The third-order valence-electron chi connectivity index (χ3n) is 4.13. The van der Waals surface area contributed by atoms with Gasteiger partial charge in [0.05, 0.1) is 0 Å². The number of carbonyl (C=O) groups excluding carboxylic acids is 1. The lowest BCUT2D eigenvalue weighted by Gasteiger charge is -2.36. The summed E-state index contributed by atoms with van der Waals surface area (Å²) in [7, 11) is 0. The Morgan fingerprint density at radius 2 is 1.95 bits per heavy atom. The second-order valence-corrected chi connectivity index (χ2v) is 5.86. The maximum atomic E-state index is 12.3. The Balaban J connectivity index is 1.87. The highest BCUT2D eigenvalue weighted by atomic mass is 16.5. The predicted molar refractivity (Wildman–Crippen MR) is 80.9 cm³/mol. The topological polar surface area (TPSA) is 29.5 Å². The molecule has 2 rings (SSSR count). The van der Waals surface area contributed by atoms with Crippen LogP contribution in [0.5, 0.6) is 5.75 Å². The molecular weight excluding hydrogens is 250 g/mol. The van der Waals surface area contributed by atoms with Gasteiger partial charge in [0.15, 0.2) is 6.61 Å². The summed E-state index contributed by atoms with van der Waals surface area (Å²) in [6.45, 7) is 7.45. The molecule has 1 saturated heterocycles. The van der Waals surface area contributed by atoms with E-state index in [0.717, 1.165) is 25.1 Å². The molecule has 3 nitrogen and oxygen atoms in total. The standard InChI is InChI=1S/C17H25NO2/c1-4-15-7-9-16(10-8-15)20-12-17(19)18-11-13(2)5-6-14(18)3/h7-10,13-14H,4-6,11-12H2,1-3H3/t13-,14+/m1/s1. The molecule has 0 bridgehead atoms. The highest BCUT2D eigenvalue weighted by molar-refractivity contribution is 5.78. The van der Waals surface area contributed by atoms with Crippen LogP contribution in [0.4, 0.5) is 0 Å². The Bertz CT molecular complexity index is 441. The number of hydrogen-bond acceptors (Lipinski definition) is 2. The summed E-state index contributed by atoms with van der Waals surface area (Å²) in [5.74, 6) is 1.47. The minimum atomic E-state index is 0.101. The Morgan fingerprint density at radius 3 is 2.60 bits per heavy atom. The average molecular weight is 275 g/mol. The van der Waals surface area contributed by atoms with Gasteiger partial charge in [-0.05, 0) is 49.8 Å². The Hall–Kier alpha value is -1.51. The van der Waals surface area contributed by atoms with Gasteiger partial charge in [-0.1, -0.05) is 26.0 Å². The molecule has 0 unspecified atom stereocenters. The zero-order valence-electron chi connectivity index (χ0n) is 12.8. The van der Waals surface area contributed by atoms with E-state index in [1.165, 1.54) is 12.0 Å². The van der Waals surface area contributed by atoms with E-state index in [2.05, 4.69) is 20.8 Å². The van der Waals surface area contributed by atoms with Crippen LogP contribution in [0.15, 0.2) is 24.3 Å². The summed E-state index contributed by atoms with van der Waals surface area (Å²) in [5.41, 5.74) is 1.28. The Labute approximate surface area is 121 Å². The van der Waals surface area contributed by atoms with Gasteiger partial charge in [0.1, 0.15) is 5.75 Å². The molecule has 1 aliphatic rings. The van der Waals surface area contributed by atoms with Crippen molar-refractivity contribution >= 4 is 5.91 Å². The summed E-state index contributed by atoms with van der Waals surface area (Å²) in [6, 6.07) is 8.31. The summed E-state index contributed by atoms with van der Waals surface area (Å²) in [6.07, 6.45) is 3.32. The fourth-order valence-electron chi connectivity index (χ4n) is 2.69. The number of nitrogens with zero attached hydrogens (tertiary/aromatic N) is 1. The van der Waals surface area contributed by atoms with Gasteiger partial charge in [-0.3, -0.25) is 4.79 Å². The van der Waals surface area contributed by atoms with E-state index in [0.29, 0.717) is 12.0 Å². The lowest BCUT2D eigenvalue weighted by atomic mass is 9.95. The van der Waals surface area contributed by atoms with E-state index in [1.54, 1.807) is 0 Å². The number of rotatable bonds is 4. The van der Waals surface area contributed by atoms with Gasteiger partial charge in [-0.2, -0.15) is 0 Å². The smallest absolute Gasteiger partial charge is 0.260 e. The van der Waals surface area contributed by atoms with Crippen LogP contribution in [-0.2, 0) is 11.2 Å². The second-order valence-electron chi connectivity index (χ2n) is 5.86. The van der Waals surface area contributed by atoms with E-state index in [1.807, 2.05) is 29.2 Å². The van der Waals surface area contributed by atoms with Crippen LogP contribution in [-0.4, -0.2) is 30.0 Å². The molecule has 0 aliphatic carbocycles. The van der Waals surface area contributed by atoms with Gasteiger partial charge < -0.3 is 9.64 Å². The van der Waals surface area contributed by atoms with E-state index in [4.69, 9.17) is 4.74 Å². The molecule has 1 aromatic rings. The van der Waals surface area contributed by atoms with Gasteiger partial charge in [-0.25, -0.2) is 0 Å². The molecule has 1 aliphatic heterocycles. The molecular formula is C17H25NO2. The van der Waals surface area contributed by atoms with Crippen LogP contribution in [0.25, 0.3) is 0 Å². The van der Waals surface area contributed by atoms with Crippen molar-refractivity contribution in [1.82, 2.24) is 4.90 Å². The minimum Gasteiger partial charge on any atom is -0.484 e. The van der Waals surface area contributed by atoms with Crippen LogP contribution in [0.2, 0.25) is 0 Å². The molecule has 0 saturated carbocycles. The van der Waals surface area contributed by atoms with Gasteiger partial charge in [0.25, 0.3) is 5.91 Å². The minimum absolute atomic E-state index is 0.101. The van der Waals surface area contributed by atoms with Crippen molar-refractivity contribution in [3.8, 4) is 5.75 Å². The average Bonchev–Trinajstić information content (AvgIpc) is 2.47. The largest absolute Gasteiger partial charge is 0.484 e. The Kier molecular flexibility index (Phi) is 5.05. The molecule has 1 aromatic carbocycles. The van der Waals surface area contributed by atoms with E-state index >= 15 is 0 Å². The van der Waals surface area contributed by atoms with Crippen LogP contribution < -0.4 is 4.74 Å². The monoisotopic (exact) mass is 275 g/mol. The summed E-state index contributed by atoms with van der Waals surface area (Å²) in [5, 5.41) is 0. The quantitative estimate of drug-likeness (QED) is 0.844. The van der Waals surface area contributed by atoms with Crippen molar-refractivity contribution in [2.75, 3.05) is 13.2 Å². The molecule has 1 heterocycles. The van der Waals surface area contributed by atoms with Crippen molar-refractivity contribution in [2.45, 2.75) is 46.1 Å².